The molecule has 0 radical (unpaired) electrons. The molecule has 1 atom stereocenters. The van der Waals surface area contributed by atoms with Gasteiger partial charge in [-0.2, -0.15) is 0 Å². The first kappa shape index (κ1) is 22.3. The normalized spacial score (nSPS) is 18.0. The Morgan fingerprint density at radius 2 is 1.66 bits per heavy atom. The van der Waals surface area contributed by atoms with Crippen LogP contribution in [-0.4, -0.2) is 43.3 Å². The van der Waals surface area contributed by atoms with Crippen molar-refractivity contribution < 1.29 is 32.5 Å². The highest BCUT2D eigenvalue weighted by Crippen LogP contribution is 2.49. The van der Waals surface area contributed by atoms with Crippen LogP contribution in [-0.2, 0) is 6.42 Å². The summed E-state index contributed by atoms with van der Waals surface area (Å²) < 4.78 is 57.9. The van der Waals surface area contributed by atoms with Crippen LogP contribution in [0.1, 0.15) is 16.8 Å². The van der Waals surface area contributed by atoms with E-state index in [0.717, 1.165) is 16.3 Å². The van der Waals surface area contributed by atoms with Gasteiger partial charge in [-0.15, -0.1) is 11.8 Å². The van der Waals surface area contributed by atoms with E-state index in [2.05, 4.69) is 0 Å². The van der Waals surface area contributed by atoms with Crippen LogP contribution >= 0.6 is 11.8 Å². The molecule has 6 rings (SSSR count). The lowest BCUT2D eigenvalue weighted by Gasteiger charge is -2.28. The van der Waals surface area contributed by atoms with Crippen LogP contribution < -0.4 is 23.7 Å². The molecule has 0 saturated carbocycles. The SMILES string of the molecule is Cc1cc2c(cc1F)OCC(Cc1cc3c(c(-c4c(C)cc(F)c5c4OCCO5)n1)OCCS3)O2. The summed E-state index contributed by atoms with van der Waals surface area (Å²) in [6.07, 6.45) is 0.166. The summed E-state index contributed by atoms with van der Waals surface area (Å²) in [7, 11) is 0. The number of ether oxygens (including phenoxy) is 5. The van der Waals surface area contributed by atoms with Gasteiger partial charge in [-0.05, 0) is 43.2 Å². The zero-order valence-corrected chi connectivity index (χ0v) is 20.1. The van der Waals surface area contributed by atoms with Gasteiger partial charge >= 0.3 is 0 Å². The summed E-state index contributed by atoms with van der Waals surface area (Å²) in [5.74, 6) is 2.06. The van der Waals surface area contributed by atoms with E-state index < -0.39 is 5.82 Å². The van der Waals surface area contributed by atoms with Crippen LogP contribution in [0.2, 0.25) is 0 Å². The highest BCUT2D eigenvalue weighted by atomic mass is 32.2. The first-order chi connectivity index (χ1) is 17.0. The smallest absolute Gasteiger partial charge is 0.197 e. The number of rotatable bonds is 3. The lowest BCUT2D eigenvalue weighted by Crippen LogP contribution is -2.31. The number of fused-ring (bicyclic) bond motifs is 3. The molecule has 35 heavy (non-hydrogen) atoms. The van der Waals surface area contributed by atoms with Gasteiger partial charge in [0.15, 0.2) is 34.6 Å². The molecule has 3 aliphatic heterocycles. The Labute approximate surface area is 205 Å². The Hall–Kier alpha value is -3.20. The fourth-order valence-electron chi connectivity index (χ4n) is 4.53. The predicted molar refractivity (Wildman–Crippen MR) is 126 cm³/mol. The van der Waals surface area contributed by atoms with E-state index in [1.165, 1.54) is 12.1 Å². The van der Waals surface area contributed by atoms with Gasteiger partial charge in [0.2, 0.25) is 0 Å². The van der Waals surface area contributed by atoms with E-state index in [-0.39, 0.29) is 30.9 Å². The Kier molecular flexibility index (Phi) is 5.59. The largest absolute Gasteiger partial charge is 0.489 e. The molecule has 0 aliphatic carbocycles. The number of thioether (sulfide) groups is 1. The molecule has 9 heteroatoms. The second-order valence-corrected chi connectivity index (χ2v) is 9.83. The summed E-state index contributed by atoms with van der Waals surface area (Å²) in [6.45, 7) is 4.95. The Balaban J connectivity index is 1.40. The molecular formula is C26H23F2NO5S. The van der Waals surface area contributed by atoms with Crippen LogP contribution in [0, 0.1) is 25.5 Å². The minimum Gasteiger partial charge on any atom is -0.489 e. The van der Waals surface area contributed by atoms with Crippen molar-refractivity contribution in [3.63, 3.8) is 0 Å². The average molecular weight is 500 g/mol. The predicted octanol–water partition coefficient (Wildman–Crippen LogP) is 5.28. The lowest BCUT2D eigenvalue weighted by molar-refractivity contribution is 0.0899. The highest BCUT2D eigenvalue weighted by molar-refractivity contribution is 7.99. The van der Waals surface area contributed by atoms with E-state index >= 15 is 0 Å². The molecule has 1 aromatic heterocycles. The number of benzene rings is 2. The minimum absolute atomic E-state index is 0.101. The molecule has 0 N–H and O–H groups in total. The summed E-state index contributed by atoms with van der Waals surface area (Å²) >= 11 is 1.69. The molecule has 0 amide bonds. The van der Waals surface area contributed by atoms with Crippen molar-refractivity contribution in [2.75, 3.05) is 32.2 Å². The number of halogens is 2. The van der Waals surface area contributed by atoms with E-state index in [0.29, 0.717) is 65.0 Å². The maximum absolute atomic E-state index is 14.6. The Bertz CT molecular complexity index is 1330. The van der Waals surface area contributed by atoms with Crippen LogP contribution in [0.5, 0.6) is 28.7 Å². The molecule has 1 unspecified atom stereocenters. The number of pyridine rings is 1. The van der Waals surface area contributed by atoms with E-state index in [9.17, 15) is 8.78 Å². The molecule has 3 aliphatic rings. The monoisotopic (exact) mass is 499 g/mol. The van der Waals surface area contributed by atoms with Crippen molar-refractivity contribution in [2.45, 2.75) is 31.3 Å². The fourth-order valence-corrected chi connectivity index (χ4v) is 5.42. The maximum atomic E-state index is 14.6. The van der Waals surface area contributed by atoms with Gasteiger partial charge in [0, 0.05) is 23.9 Å². The van der Waals surface area contributed by atoms with Gasteiger partial charge in [-0.25, -0.2) is 13.8 Å². The number of aromatic nitrogens is 1. The van der Waals surface area contributed by atoms with Crippen molar-refractivity contribution in [3.8, 4) is 40.0 Å². The van der Waals surface area contributed by atoms with E-state index in [4.69, 9.17) is 28.7 Å². The first-order valence-corrected chi connectivity index (χ1v) is 12.4. The molecule has 0 spiro atoms. The lowest BCUT2D eigenvalue weighted by atomic mass is 10.0. The van der Waals surface area contributed by atoms with Gasteiger partial charge in [-0.3, -0.25) is 0 Å². The van der Waals surface area contributed by atoms with Crippen molar-refractivity contribution in [1.82, 2.24) is 4.98 Å². The molecule has 182 valence electrons. The van der Waals surface area contributed by atoms with Gasteiger partial charge in [0.25, 0.3) is 0 Å². The second-order valence-electron chi connectivity index (χ2n) is 8.69. The third kappa shape index (κ3) is 4.01. The second kappa shape index (κ2) is 8.78. The third-order valence-corrected chi connectivity index (χ3v) is 7.15. The van der Waals surface area contributed by atoms with Gasteiger partial charge in [-0.1, -0.05) is 0 Å². The first-order valence-electron chi connectivity index (χ1n) is 11.5. The summed E-state index contributed by atoms with van der Waals surface area (Å²) in [5, 5.41) is 0. The molecule has 2 aromatic carbocycles. The van der Waals surface area contributed by atoms with Crippen molar-refractivity contribution in [3.05, 3.63) is 52.7 Å². The molecule has 3 aromatic rings. The van der Waals surface area contributed by atoms with Crippen LogP contribution in [0.15, 0.2) is 29.2 Å². The summed E-state index contributed by atoms with van der Waals surface area (Å²) in [6, 6.07) is 6.44. The number of nitrogens with zero attached hydrogens (tertiary/aromatic N) is 1. The fraction of sp³-hybridized carbons (Fsp3) is 0.346. The van der Waals surface area contributed by atoms with Crippen LogP contribution in [0.25, 0.3) is 11.3 Å². The highest BCUT2D eigenvalue weighted by Gasteiger charge is 2.30. The number of hydrogen-bond donors (Lipinski definition) is 0. The molecule has 6 nitrogen and oxygen atoms in total. The number of hydrogen-bond acceptors (Lipinski definition) is 7. The molecule has 0 bridgehead atoms. The van der Waals surface area contributed by atoms with Crippen molar-refractivity contribution in [2.24, 2.45) is 0 Å². The van der Waals surface area contributed by atoms with E-state index in [1.54, 1.807) is 24.8 Å². The minimum atomic E-state index is -0.459. The quantitative estimate of drug-likeness (QED) is 0.486. The van der Waals surface area contributed by atoms with Gasteiger partial charge in [0.05, 0.1) is 17.1 Å². The van der Waals surface area contributed by atoms with Gasteiger partial charge < -0.3 is 23.7 Å². The summed E-state index contributed by atoms with van der Waals surface area (Å²) in [4.78, 5) is 5.90. The van der Waals surface area contributed by atoms with E-state index in [1.807, 2.05) is 13.0 Å². The van der Waals surface area contributed by atoms with Crippen LogP contribution in [0.3, 0.4) is 0 Å². The molecule has 0 saturated heterocycles. The molecular weight excluding hydrogens is 476 g/mol. The zero-order valence-electron chi connectivity index (χ0n) is 19.3. The Morgan fingerprint density at radius 1 is 0.857 bits per heavy atom. The van der Waals surface area contributed by atoms with Crippen molar-refractivity contribution in [1.29, 1.82) is 0 Å². The van der Waals surface area contributed by atoms with Crippen LogP contribution in [0.4, 0.5) is 8.78 Å². The molecule has 4 heterocycles. The van der Waals surface area contributed by atoms with Crippen molar-refractivity contribution >= 4 is 11.8 Å². The maximum Gasteiger partial charge on any atom is 0.197 e. The summed E-state index contributed by atoms with van der Waals surface area (Å²) in [5.41, 5.74) is 3.22. The topological polar surface area (TPSA) is 59.0 Å². The molecule has 0 fully saturated rings. The number of aryl methyl sites for hydroxylation is 2. The van der Waals surface area contributed by atoms with Gasteiger partial charge in [0.1, 0.15) is 37.4 Å². The standard InChI is InChI=1S/C26H23F2NO5S/c1-13-8-20-19(11-17(13)27)33-12-16(34-20)9-15-10-21-25(32-5-6-35-21)23(29-15)22-14(2)7-18(28)24-26(22)31-4-3-30-24/h7-8,10-11,16H,3-6,9,12H2,1-2H3. The Morgan fingerprint density at radius 3 is 2.51 bits per heavy atom. The third-order valence-electron chi connectivity index (χ3n) is 6.16. The zero-order chi connectivity index (χ0) is 24.1. The average Bonchev–Trinajstić information content (AvgIpc) is 2.85.